The smallest absolute Gasteiger partial charge is 0.339 e. The molecule has 1 amide bonds. The molecule has 2 aromatic carbocycles. The lowest BCUT2D eigenvalue weighted by atomic mass is 9.91. The number of esters is 1. The quantitative estimate of drug-likeness (QED) is 0.645. The van der Waals surface area contributed by atoms with Gasteiger partial charge in [-0.2, -0.15) is 0 Å². The predicted molar refractivity (Wildman–Crippen MR) is 104 cm³/mol. The molecule has 27 heavy (non-hydrogen) atoms. The molecule has 0 aliphatic carbocycles. The lowest BCUT2D eigenvalue weighted by Crippen LogP contribution is -2.46. The van der Waals surface area contributed by atoms with E-state index in [0.29, 0.717) is 30.4 Å². The Kier molecular flexibility index (Phi) is 5.32. The van der Waals surface area contributed by atoms with Crippen LogP contribution >= 0.6 is 0 Å². The molecule has 1 aliphatic rings. The first kappa shape index (κ1) is 18.7. The number of terminal acetylenes is 1. The molecule has 1 N–H and O–H groups in total. The van der Waals surface area contributed by atoms with Gasteiger partial charge >= 0.3 is 5.97 Å². The Labute approximate surface area is 159 Å². The van der Waals surface area contributed by atoms with Gasteiger partial charge in [-0.3, -0.25) is 4.79 Å². The second-order valence-electron chi connectivity index (χ2n) is 6.77. The van der Waals surface area contributed by atoms with Gasteiger partial charge in [0, 0.05) is 12.0 Å². The highest BCUT2D eigenvalue weighted by Crippen LogP contribution is 2.31. The standard InChI is InChI=1S/C23H23NO3/c1-4-23(5-2,6-3)24-21(25)17-12-13-19-18(14-17)15-20(27-22(19)26)16-10-8-7-9-11-16/h1,7-14,20H,5-6,15H2,2-3H3,(H,24,25). The number of nitrogens with one attached hydrogen (secondary N) is 1. The van der Waals surface area contributed by atoms with Crippen LogP contribution in [0, 0.1) is 12.3 Å². The topological polar surface area (TPSA) is 55.4 Å². The molecule has 1 heterocycles. The van der Waals surface area contributed by atoms with Gasteiger partial charge in [0.25, 0.3) is 5.91 Å². The molecule has 0 fully saturated rings. The van der Waals surface area contributed by atoms with E-state index in [2.05, 4.69) is 11.2 Å². The van der Waals surface area contributed by atoms with Gasteiger partial charge < -0.3 is 10.1 Å². The summed E-state index contributed by atoms with van der Waals surface area (Å²) in [6, 6.07) is 14.7. The van der Waals surface area contributed by atoms with Gasteiger partial charge in [-0.05, 0) is 42.2 Å². The lowest BCUT2D eigenvalue weighted by Gasteiger charge is -2.28. The van der Waals surface area contributed by atoms with Crippen LogP contribution in [-0.2, 0) is 11.2 Å². The fraction of sp³-hybridized carbons (Fsp3) is 0.304. The molecular formula is C23H23NO3. The fourth-order valence-electron chi connectivity index (χ4n) is 3.35. The van der Waals surface area contributed by atoms with Crippen molar-refractivity contribution >= 4 is 11.9 Å². The van der Waals surface area contributed by atoms with Crippen molar-refractivity contribution < 1.29 is 14.3 Å². The number of carbonyl (C=O) groups is 2. The summed E-state index contributed by atoms with van der Waals surface area (Å²) in [5, 5.41) is 2.97. The van der Waals surface area contributed by atoms with Crippen molar-refractivity contribution in [2.45, 2.75) is 44.8 Å². The Morgan fingerprint density at radius 1 is 1.22 bits per heavy atom. The first-order valence-electron chi connectivity index (χ1n) is 9.21. The molecule has 3 rings (SSSR count). The van der Waals surface area contributed by atoms with Crippen molar-refractivity contribution in [3.8, 4) is 12.3 Å². The number of amides is 1. The number of rotatable bonds is 5. The summed E-state index contributed by atoms with van der Waals surface area (Å²) in [7, 11) is 0. The molecule has 1 atom stereocenters. The van der Waals surface area contributed by atoms with E-state index in [1.165, 1.54) is 0 Å². The summed E-state index contributed by atoms with van der Waals surface area (Å²) in [6.07, 6.45) is 7.13. The van der Waals surface area contributed by atoms with Gasteiger partial charge in [0.05, 0.1) is 5.56 Å². The summed E-state index contributed by atoms with van der Waals surface area (Å²) < 4.78 is 5.57. The average molecular weight is 361 g/mol. The third kappa shape index (κ3) is 3.73. The predicted octanol–water partition coefficient (Wildman–Crippen LogP) is 4.06. The Bertz CT molecular complexity index is 892. The normalized spacial score (nSPS) is 16.0. The Morgan fingerprint density at radius 2 is 1.93 bits per heavy atom. The van der Waals surface area contributed by atoms with E-state index in [0.717, 1.165) is 11.1 Å². The number of hydrogen-bond donors (Lipinski definition) is 1. The van der Waals surface area contributed by atoms with Crippen molar-refractivity contribution in [3.05, 3.63) is 70.8 Å². The number of hydrogen-bond acceptors (Lipinski definition) is 3. The Hall–Kier alpha value is -3.06. The maximum absolute atomic E-state index is 12.7. The summed E-state index contributed by atoms with van der Waals surface area (Å²) in [5.41, 5.74) is 2.10. The van der Waals surface area contributed by atoms with Crippen molar-refractivity contribution in [2.75, 3.05) is 0 Å². The second kappa shape index (κ2) is 7.67. The molecule has 0 saturated heterocycles. The van der Waals surface area contributed by atoms with Crippen molar-refractivity contribution in [2.24, 2.45) is 0 Å². The highest BCUT2D eigenvalue weighted by molar-refractivity contribution is 5.98. The number of fused-ring (bicyclic) bond motifs is 1. The molecule has 0 radical (unpaired) electrons. The lowest BCUT2D eigenvalue weighted by molar-refractivity contribution is 0.0252. The number of ether oxygens (including phenoxy) is 1. The van der Waals surface area contributed by atoms with Crippen LogP contribution in [0.5, 0.6) is 0 Å². The fourth-order valence-corrected chi connectivity index (χ4v) is 3.35. The van der Waals surface area contributed by atoms with Gasteiger partial charge in [0.15, 0.2) is 0 Å². The summed E-state index contributed by atoms with van der Waals surface area (Å²) in [5.74, 6) is 2.12. The molecule has 4 heteroatoms. The van der Waals surface area contributed by atoms with Crippen LogP contribution in [0.3, 0.4) is 0 Å². The van der Waals surface area contributed by atoms with E-state index in [-0.39, 0.29) is 18.0 Å². The van der Waals surface area contributed by atoms with Gasteiger partial charge in [0.1, 0.15) is 11.6 Å². The molecule has 0 spiro atoms. The van der Waals surface area contributed by atoms with E-state index in [1.807, 2.05) is 44.2 Å². The highest BCUT2D eigenvalue weighted by atomic mass is 16.5. The van der Waals surface area contributed by atoms with Crippen LogP contribution in [0.1, 0.15) is 64.6 Å². The molecule has 0 aromatic heterocycles. The maximum Gasteiger partial charge on any atom is 0.339 e. The van der Waals surface area contributed by atoms with E-state index < -0.39 is 5.54 Å². The van der Waals surface area contributed by atoms with Crippen molar-refractivity contribution in [1.29, 1.82) is 0 Å². The molecule has 1 aliphatic heterocycles. The van der Waals surface area contributed by atoms with Crippen LogP contribution in [-0.4, -0.2) is 17.4 Å². The second-order valence-corrected chi connectivity index (χ2v) is 6.77. The van der Waals surface area contributed by atoms with Gasteiger partial charge in [-0.25, -0.2) is 4.79 Å². The first-order chi connectivity index (χ1) is 13.0. The molecule has 2 aromatic rings. The zero-order chi connectivity index (χ0) is 19.4. The summed E-state index contributed by atoms with van der Waals surface area (Å²) in [6.45, 7) is 3.91. The number of carbonyl (C=O) groups excluding carboxylic acids is 2. The van der Waals surface area contributed by atoms with Gasteiger partial charge in [0.2, 0.25) is 0 Å². The molecule has 0 saturated carbocycles. The number of benzene rings is 2. The van der Waals surface area contributed by atoms with Gasteiger partial charge in [-0.1, -0.05) is 50.1 Å². The van der Waals surface area contributed by atoms with Crippen LogP contribution < -0.4 is 5.32 Å². The molecular weight excluding hydrogens is 338 g/mol. The van der Waals surface area contributed by atoms with E-state index in [4.69, 9.17) is 11.2 Å². The van der Waals surface area contributed by atoms with Gasteiger partial charge in [-0.15, -0.1) is 6.42 Å². The minimum atomic E-state index is -0.654. The Morgan fingerprint density at radius 3 is 2.56 bits per heavy atom. The van der Waals surface area contributed by atoms with Crippen LogP contribution in [0.15, 0.2) is 48.5 Å². The van der Waals surface area contributed by atoms with Crippen LogP contribution in [0.2, 0.25) is 0 Å². The minimum Gasteiger partial charge on any atom is -0.454 e. The third-order valence-electron chi connectivity index (χ3n) is 5.25. The zero-order valence-electron chi connectivity index (χ0n) is 15.6. The molecule has 138 valence electrons. The van der Waals surface area contributed by atoms with Crippen molar-refractivity contribution in [1.82, 2.24) is 5.32 Å². The third-order valence-corrected chi connectivity index (χ3v) is 5.25. The highest BCUT2D eigenvalue weighted by Gasteiger charge is 2.30. The summed E-state index contributed by atoms with van der Waals surface area (Å²) >= 11 is 0. The van der Waals surface area contributed by atoms with E-state index in [1.54, 1.807) is 18.2 Å². The van der Waals surface area contributed by atoms with E-state index >= 15 is 0 Å². The van der Waals surface area contributed by atoms with Crippen molar-refractivity contribution in [3.63, 3.8) is 0 Å². The average Bonchev–Trinajstić information content (AvgIpc) is 2.72. The Balaban J connectivity index is 1.87. The minimum absolute atomic E-state index is 0.227. The monoisotopic (exact) mass is 361 g/mol. The maximum atomic E-state index is 12.7. The zero-order valence-corrected chi connectivity index (χ0v) is 15.6. The van der Waals surface area contributed by atoms with Crippen LogP contribution in [0.25, 0.3) is 0 Å². The molecule has 0 bridgehead atoms. The largest absolute Gasteiger partial charge is 0.454 e. The SMILES string of the molecule is C#CC(CC)(CC)NC(=O)c1ccc2c(c1)CC(c1ccccc1)OC2=O. The van der Waals surface area contributed by atoms with E-state index in [9.17, 15) is 9.59 Å². The molecule has 1 unspecified atom stereocenters. The summed E-state index contributed by atoms with van der Waals surface area (Å²) in [4.78, 5) is 25.1. The molecule has 4 nitrogen and oxygen atoms in total. The van der Waals surface area contributed by atoms with Crippen LogP contribution in [0.4, 0.5) is 0 Å². The number of cyclic esters (lactones) is 1. The first-order valence-corrected chi connectivity index (χ1v) is 9.21.